The average molecular weight is 865 g/mol. The molecule has 0 saturated carbocycles. The summed E-state index contributed by atoms with van der Waals surface area (Å²) in [5, 5.41) is 9.95. The molecule has 0 radical (unpaired) electrons. The van der Waals surface area contributed by atoms with Crippen molar-refractivity contribution < 1.29 is 0 Å². The van der Waals surface area contributed by atoms with Crippen LogP contribution in [-0.4, -0.2) is 4.57 Å². The molecule has 68 heavy (non-hydrogen) atoms. The van der Waals surface area contributed by atoms with E-state index in [9.17, 15) is 0 Å². The molecule has 0 atom stereocenters. The maximum Gasteiger partial charge on any atom is 0.0547 e. The van der Waals surface area contributed by atoms with Gasteiger partial charge in [0.05, 0.1) is 11.0 Å². The van der Waals surface area contributed by atoms with Crippen LogP contribution in [0.15, 0.2) is 267 Å². The molecular weight excluding hydrogens is 821 g/mol. The van der Waals surface area contributed by atoms with Gasteiger partial charge in [-0.3, -0.25) is 0 Å². The van der Waals surface area contributed by atoms with E-state index in [1.807, 2.05) is 0 Å². The van der Waals surface area contributed by atoms with Crippen LogP contribution >= 0.6 is 0 Å². The number of hydrogen-bond donors (Lipinski definition) is 0. The summed E-state index contributed by atoms with van der Waals surface area (Å²) < 4.78 is 2.39. The van der Waals surface area contributed by atoms with E-state index in [0.717, 1.165) is 22.7 Å². The van der Waals surface area contributed by atoms with Crippen LogP contribution in [0, 0.1) is 0 Å². The SMILES string of the molecule is c1ccc(-c2c(-c3ccccc3)c3cc(-c4ccc(N(c5ccc(-c6cccc7c6c6ccccc6n7-c6ccccc6)cc5)c5ccc6ccccc6c5)cc4)ccc3c3ccccc23)cc1. The fraction of sp³-hybridized carbons (Fsp3) is 0. The average Bonchev–Trinajstić information content (AvgIpc) is 3.76. The molecular formula is C66H44N2. The van der Waals surface area contributed by atoms with Gasteiger partial charge in [-0.2, -0.15) is 0 Å². The van der Waals surface area contributed by atoms with Crippen molar-refractivity contribution in [3.8, 4) is 50.2 Å². The zero-order valence-electron chi connectivity index (χ0n) is 37.3. The maximum absolute atomic E-state index is 2.41. The van der Waals surface area contributed by atoms with Crippen molar-refractivity contribution in [3.05, 3.63) is 267 Å². The largest absolute Gasteiger partial charge is 0.310 e. The van der Waals surface area contributed by atoms with E-state index < -0.39 is 0 Å². The highest BCUT2D eigenvalue weighted by molar-refractivity contribution is 6.22. The maximum atomic E-state index is 2.41. The van der Waals surface area contributed by atoms with Crippen molar-refractivity contribution >= 4 is 71.2 Å². The van der Waals surface area contributed by atoms with Crippen molar-refractivity contribution in [1.29, 1.82) is 0 Å². The van der Waals surface area contributed by atoms with Gasteiger partial charge in [0, 0.05) is 33.5 Å². The molecule has 0 aliphatic heterocycles. The quantitative estimate of drug-likeness (QED) is 0.138. The molecule has 0 fully saturated rings. The van der Waals surface area contributed by atoms with E-state index in [0.29, 0.717) is 0 Å². The fourth-order valence-electron chi connectivity index (χ4n) is 10.7. The highest BCUT2D eigenvalue weighted by Crippen LogP contribution is 2.46. The number of nitrogens with zero attached hydrogens (tertiary/aromatic N) is 2. The second-order valence-electron chi connectivity index (χ2n) is 17.6. The van der Waals surface area contributed by atoms with E-state index in [-0.39, 0.29) is 0 Å². The third-order valence-corrected chi connectivity index (χ3v) is 13.7. The van der Waals surface area contributed by atoms with Gasteiger partial charge in [-0.1, -0.05) is 200 Å². The molecule has 1 aromatic heterocycles. The Hall–Kier alpha value is -8.98. The number of fused-ring (bicyclic) bond motifs is 7. The Morgan fingerprint density at radius 1 is 0.265 bits per heavy atom. The van der Waals surface area contributed by atoms with Crippen LogP contribution in [0.1, 0.15) is 0 Å². The Balaban J connectivity index is 0.932. The molecule has 0 amide bonds. The fourth-order valence-corrected chi connectivity index (χ4v) is 10.7. The predicted molar refractivity (Wildman–Crippen MR) is 290 cm³/mol. The summed E-state index contributed by atoms with van der Waals surface area (Å²) in [5.74, 6) is 0. The van der Waals surface area contributed by atoms with Gasteiger partial charge in [-0.15, -0.1) is 0 Å². The molecule has 0 aliphatic rings. The van der Waals surface area contributed by atoms with Gasteiger partial charge in [0.1, 0.15) is 0 Å². The minimum Gasteiger partial charge on any atom is -0.310 e. The van der Waals surface area contributed by atoms with Crippen LogP contribution in [0.4, 0.5) is 17.1 Å². The van der Waals surface area contributed by atoms with E-state index in [1.54, 1.807) is 0 Å². The first-order valence-corrected chi connectivity index (χ1v) is 23.4. The summed E-state index contributed by atoms with van der Waals surface area (Å²) in [4.78, 5) is 2.38. The number of para-hydroxylation sites is 2. The molecule has 0 bridgehead atoms. The van der Waals surface area contributed by atoms with E-state index in [4.69, 9.17) is 0 Å². The van der Waals surface area contributed by atoms with E-state index in [1.165, 1.54) is 98.6 Å². The third kappa shape index (κ3) is 6.65. The van der Waals surface area contributed by atoms with Crippen molar-refractivity contribution in [2.75, 3.05) is 4.90 Å². The topological polar surface area (TPSA) is 8.17 Å². The smallest absolute Gasteiger partial charge is 0.0547 e. The molecule has 2 heteroatoms. The van der Waals surface area contributed by atoms with Crippen molar-refractivity contribution in [2.45, 2.75) is 0 Å². The Bertz CT molecular complexity index is 3980. The monoisotopic (exact) mass is 864 g/mol. The molecule has 2 nitrogen and oxygen atoms in total. The molecule has 0 N–H and O–H groups in total. The van der Waals surface area contributed by atoms with Crippen LogP contribution < -0.4 is 4.90 Å². The van der Waals surface area contributed by atoms with E-state index in [2.05, 4.69) is 276 Å². The number of hydrogen-bond acceptors (Lipinski definition) is 1. The van der Waals surface area contributed by atoms with Gasteiger partial charge in [0.25, 0.3) is 0 Å². The van der Waals surface area contributed by atoms with Gasteiger partial charge < -0.3 is 9.47 Å². The number of rotatable bonds is 8. The minimum atomic E-state index is 1.09. The standard InChI is InChI=1S/C66H44N2/c1-4-18-48(19-5-1)64-59-26-13-12-25-57(59)58-42-36-51(44-61(58)65(64)49-20-6-2-7-21-49)46-31-37-53(38-32-46)67(55-41-33-45-17-10-11-22-50(45)43-55)54-39-34-47(35-40-54)56-28-16-30-63-66(56)60-27-14-15-29-62(60)68(63)52-23-8-3-9-24-52/h1-44H. The van der Waals surface area contributed by atoms with Crippen LogP contribution in [0.5, 0.6) is 0 Å². The number of aromatic nitrogens is 1. The summed E-state index contributed by atoms with van der Waals surface area (Å²) in [6, 6.07) is 97.4. The first kappa shape index (κ1) is 39.4. The Labute approximate surface area is 395 Å². The van der Waals surface area contributed by atoms with Gasteiger partial charge in [0.2, 0.25) is 0 Å². The van der Waals surface area contributed by atoms with Crippen LogP contribution in [0.25, 0.3) is 104 Å². The molecule has 0 aliphatic carbocycles. The zero-order chi connectivity index (χ0) is 45.0. The Morgan fingerprint density at radius 2 is 0.779 bits per heavy atom. The summed E-state index contributed by atoms with van der Waals surface area (Å²) in [6.07, 6.45) is 0. The van der Waals surface area contributed by atoms with Crippen LogP contribution in [0.3, 0.4) is 0 Å². The van der Waals surface area contributed by atoms with Gasteiger partial charge in [-0.05, 0) is 144 Å². The molecule has 12 aromatic carbocycles. The van der Waals surface area contributed by atoms with Crippen molar-refractivity contribution in [3.63, 3.8) is 0 Å². The van der Waals surface area contributed by atoms with Gasteiger partial charge in [0.15, 0.2) is 0 Å². The highest BCUT2D eigenvalue weighted by Gasteiger charge is 2.20. The Kier molecular flexibility index (Phi) is 9.54. The lowest BCUT2D eigenvalue weighted by molar-refractivity contribution is 1.18. The predicted octanol–water partition coefficient (Wildman–Crippen LogP) is 18.4. The highest BCUT2D eigenvalue weighted by atomic mass is 15.1. The lowest BCUT2D eigenvalue weighted by atomic mass is 9.84. The summed E-state index contributed by atoms with van der Waals surface area (Å²) >= 11 is 0. The van der Waals surface area contributed by atoms with Crippen molar-refractivity contribution in [2.24, 2.45) is 0 Å². The second kappa shape index (κ2) is 16.5. The molecule has 0 unspecified atom stereocenters. The zero-order valence-corrected chi connectivity index (χ0v) is 37.3. The first-order chi connectivity index (χ1) is 33.7. The van der Waals surface area contributed by atoms with Crippen LogP contribution in [0.2, 0.25) is 0 Å². The molecule has 1 heterocycles. The lowest BCUT2D eigenvalue weighted by Gasteiger charge is -2.26. The molecule has 318 valence electrons. The Morgan fingerprint density at radius 3 is 1.49 bits per heavy atom. The molecule has 13 rings (SSSR count). The van der Waals surface area contributed by atoms with Gasteiger partial charge >= 0.3 is 0 Å². The third-order valence-electron chi connectivity index (χ3n) is 13.7. The summed E-state index contributed by atoms with van der Waals surface area (Å²) in [5.41, 5.74) is 16.5. The van der Waals surface area contributed by atoms with Crippen molar-refractivity contribution in [1.82, 2.24) is 4.57 Å². The minimum absolute atomic E-state index is 1.09. The number of anilines is 3. The van der Waals surface area contributed by atoms with E-state index >= 15 is 0 Å². The van der Waals surface area contributed by atoms with Gasteiger partial charge in [-0.25, -0.2) is 0 Å². The lowest BCUT2D eigenvalue weighted by Crippen LogP contribution is -2.09. The normalized spacial score (nSPS) is 11.5. The molecule has 0 saturated heterocycles. The first-order valence-electron chi connectivity index (χ1n) is 23.4. The summed E-state index contributed by atoms with van der Waals surface area (Å²) in [7, 11) is 0. The second-order valence-corrected chi connectivity index (χ2v) is 17.6. The summed E-state index contributed by atoms with van der Waals surface area (Å²) in [6.45, 7) is 0. The molecule has 0 spiro atoms. The van der Waals surface area contributed by atoms with Crippen LogP contribution in [-0.2, 0) is 0 Å². The number of benzene rings is 12. The molecule has 13 aromatic rings.